The summed E-state index contributed by atoms with van der Waals surface area (Å²) in [6, 6.07) is 9.55. The van der Waals surface area contributed by atoms with Crippen molar-refractivity contribution in [3.8, 4) is 0 Å². The summed E-state index contributed by atoms with van der Waals surface area (Å²) in [5.74, 6) is -0.281. The smallest absolute Gasteiger partial charge is 0.254 e. The number of carbonyl (C=O) groups is 2. The number of anilines is 2. The van der Waals surface area contributed by atoms with Gasteiger partial charge in [0.1, 0.15) is 0 Å². The van der Waals surface area contributed by atoms with E-state index < -0.39 is 0 Å². The summed E-state index contributed by atoms with van der Waals surface area (Å²) in [5, 5.41) is 11.8. The molecule has 36 heavy (non-hydrogen) atoms. The summed E-state index contributed by atoms with van der Waals surface area (Å²) in [7, 11) is 0. The number of benzene rings is 1. The second kappa shape index (κ2) is 17.9. The fourth-order valence-corrected chi connectivity index (χ4v) is 3.29. The predicted octanol–water partition coefficient (Wildman–Crippen LogP) is 6.04. The van der Waals surface area contributed by atoms with E-state index in [0.29, 0.717) is 35.2 Å². The summed E-state index contributed by atoms with van der Waals surface area (Å²) in [6.45, 7) is 10.2. The molecule has 1 aromatic heterocycles. The number of halogens is 1. The van der Waals surface area contributed by atoms with Crippen molar-refractivity contribution >= 4 is 35.1 Å². The van der Waals surface area contributed by atoms with Crippen molar-refractivity contribution in [1.29, 1.82) is 0 Å². The highest BCUT2D eigenvalue weighted by atomic mass is 35.5. The first-order valence-electron chi connectivity index (χ1n) is 12.0. The lowest BCUT2D eigenvalue weighted by atomic mass is 10.1. The van der Waals surface area contributed by atoms with Crippen molar-refractivity contribution in [3.63, 3.8) is 0 Å². The summed E-state index contributed by atoms with van der Waals surface area (Å²) >= 11 is 6.43. The van der Waals surface area contributed by atoms with E-state index in [0.717, 1.165) is 24.9 Å². The predicted molar refractivity (Wildman–Crippen MR) is 145 cm³/mol. The van der Waals surface area contributed by atoms with Crippen LogP contribution in [0.3, 0.4) is 0 Å². The Bertz CT molecular complexity index is 1010. The molecule has 2 rings (SSSR count). The number of amides is 2. The Morgan fingerprint density at radius 1 is 1.08 bits per heavy atom. The molecule has 1 heterocycles. The zero-order chi connectivity index (χ0) is 26.8. The van der Waals surface area contributed by atoms with Gasteiger partial charge < -0.3 is 5.32 Å². The van der Waals surface area contributed by atoms with Gasteiger partial charge in [-0.05, 0) is 44.1 Å². The Balaban J connectivity index is 0.00000316. The molecule has 2 amide bonds. The molecule has 0 bridgehead atoms. The topological polar surface area (TPSA) is 107 Å². The second-order valence-corrected chi connectivity index (χ2v) is 7.74. The monoisotopic (exact) mass is 513 g/mol. The number of nitrogens with one attached hydrogen (secondary N) is 2. The van der Waals surface area contributed by atoms with Gasteiger partial charge in [-0.25, -0.2) is 15.4 Å². The molecule has 0 saturated heterocycles. The van der Waals surface area contributed by atoms with E-state index in [4.69, 9.17) is 16.8 Å². The molecule has 0 atom stereocenters. The van der Waals surface area contributed by atoms with Gasteiger partial charge in [0.05, 0.1) is 16.3 Å². The van der Waals surface area contributed by atoms with Crippen LogP contribution in [0.1, 0.15) is 63.2 Å². The fourth-order valence-electron chi connectivity index (χ4n) is 3.14. The van der Waals surface area contributed by atoms with Crippen LogP contribution in [-0.4, -0.2) is 33.5 Å². The van der Waals surface area contributed by atoms with E-state index in [1.807, 2.05) is 63.3 Å². The number of aromatic nitrogens is 2. The summed E-state index contributed by atoms with van der Waals surface area (Å²) in [4.78, 5) is 34.1. The number of hydroxylamine groups is 1. The molecule has 0 spiro atoms. The molecule has 0 saturated carbocycles. The van der Waals surface area contributed by atoms with Gasteiger partial charge in [-0.15, -0.1) is 0 Å². The average molecular weight is 514 g/mol. The normalized spacial score (nSPS) is 11.1. The summed E-state index contributed by atoms with van der Waals surface area (Å²) in [6.07, 6.45) is 11.7. The Morgan fingerprint density at radius 3 is 2.31 bits per heavy atom. The van der Waals surface area contributed by atoms with Crippen molar-refractivity contribution in [2.45, 2.75) is 52.9 Å². The minimum Gasteiger partial charge on any atom is -0.352 e. The van der Waals surface area contributed by atoms with Crippen LogP contribution in [0.25, 0.3) is 0 Å². The Hall–Kier alpha value is -3.49. The first-order chi connectivity index (χ1) is 17.5. The number of unbranched alkanes of at least 4 members (excludes halogenated alkanes) is 3. The largest absolute Gasteiger partial charge is 0.352 e. The quantitative estimate of drug-likeness (QED) is 0.130. The molecule has 2 aromatic rings. The van der Waals surface area contributed by atoms with E-state index in [-0.39, 0.29) is 18.2 Å². The SMILES string of the molecule is C=C/C(Cl)=C(\C=C/C)N(c1ccccc1)c1ncc(C(=O)NCCCCCCC(=O)NO)cn1.CC. The molecule has 0 radical (unpaired) electrons. The van der Waals surface area contributed by atoms with Crippen LogP contribution in [0.2, 0.25) is 0 Å². The van der Waals surface area contributed by atoms with Crippen LogP contribution >= 0.6 is 11.6 Å². The number of hydrogen-bond acceptors (Lipinski definition) is 6. The third-order valence-electron chi connectivity index (χ3n) is 4.85. The standard InChI is InChI=1S/C25H30ClN5O3.C2H6/c1-3-12-22(21(26)4-2)31(20-13-8-7-9-14-20)25-28-17-19(18-29-25)24(33)27-16-11-6-5-10-15-23(32)30-34;1-2/h3-4,7-9,12-14,17-18,34H,2,5-6,10-11,15-16H2,1H3,(H,27,33)(H,30,32);1-2H3/b12-3-,22-21-;. The van der Waals surface area contributed by atoms with E-state index in [9.17, 15) is 9.59 Å². The van der Waals surface area contributed by atoms with Crippen LogP contribution in [0, 0.1) is 0 Å². The molecule has 8 nitrogen and oxygen atoms in total. The third kappa shape index (κ3) is 10.0. The van der Waals surface area contributed by atoms with Gasteiger partial charge in [-0.3, -0.25) is 19.7 Å². The molecule has 3 N–H and O–H groups in total. The minimum absolute atomic E-state index is 0.259. The van der Waals surface area contributed by atoms with Crippen molar-refractivity contribution in [2.75, 3.05) is 11.4 Å². The van der Waals surface area contributed by atoms with Crippen molar-refractivity contribution in [2.24, 2.45) is 0 Å². The van der Waals surface area contributed by atoms with Crippen molar-refractivity contribution in [1.82, 2.24) is 20.8 Å². The number of carbonyl (C=O) groups excluding carboxylic acids is 2. The second-order valence-electron chi connectivity index (χ2n) is 7.34. The van der Waals surface area contributed by atoms with Crippen molar-refractivity contribution < 1.29 is 14.8 Å². The lowest BCUT2D eigenvalue weighted by Crippen LogP contribution is -2.25. The maximum absolute atomic E-state index is 12.5. The molecule has 0 aliphatic rings. The zero-order valence-corrected chi connectivity index (χ0v) is 22.0. The van der Waals surface area contributed by atoms with E-state index in [2.05, 4.69) is 21.9 Å². The highest BCUT2D eigenvalue weighted by Gasteiger charge is 2.18. The summed E-state index contributed by atoms with van der Waals surface area (Å²) in [5.41, 5.74) is 3.42. The van der Waals surface area contributed by atoms with Gasteiger partial charge in [0.15, 0.2) is 0 Å². The number of para-hydroxylation sites is 1. The maximum atomic E-state index is 12.5. The lowest BCUT2D eigenvalue weighted by Gasteiger charge is -2.24. The first kappa shape index (κ1) is 30.5. The van der Waals surface area contributed by atoms with Gasteiger partial charge in [0.25, 0.3) is 5.91 Å². The first-order valence-corrected chi connectivity index (χ1v) is 12.4. The fraction of sp³-hybridized carbons (Fsp3) is 0.333. The molecule has 0 aliphatic heterocycles. The Labute approximate surface area is 218 Å². The molecule has 194 valence electrons. The van der Waals surface area contributed by atoms with Crippen molar-refractivity contribution in [3.05, 3.63) is 83.8 Å². The average Bonchev–Trinajstić information content (AvgIpc) is 2.93. The van der Waals surface area contributed by atoms with E-state index in [1.54, 1.807) is 16.5 Å². The van der Waals surface area contributed by atoms with Crippen LogP contribution in [0.4, 0.5) is 11.6 Å². The molecule has 0 unspecified atom stereocenters. The number of nitrogens with zero attached hydrogens (tertiary/aromatic N) is 3. The highest BCUT2D eigenvalue weighted by Crippen LogP contribution is 2.30. The maximum Gasteiger partial charge on any atom is 0.254 e. The molecule has 0 fully saturated rings. The van der Waals surface area contributed by atoms with E-state index in [1.165, 1.54) is 12.4 Å². The van der Waals surface area contributed by atoms with Crippen LogP contribution in [-0.2, 0) is 4.79 Å². The Kier molecular flexibility index (Phi) is 15.2. The van der Waals surface area contributed by atoms with Crippen LogP contribution in [0.5, 0.6) is 0 Å². The van der Waals surface area contributed by atoms with Gasteiger partial charge in [-0.1, -0.05) is 69.1 Å². The van der Waals surface area contributed by atoms with Gasteiger partial charge in [-0.2, -0.15) is 0 Å². The zero-order valence-electron chi connectivity index (χ0n) is 21.2. The van der Waals surface area contributed by atoms with Gasteiger partial charge in [0.2, 0.25) is 11.9 Å². The van der Waals surface area contributed by atoms with Crippen LogP contribution < -0.4 is 15.7 Å². The van der Waals surface area contributed by atoms with Crippen LogP contribution in [0.15, 0.2) is 78.3 Å². The lowest BCUT2D eigenvalue weighted by molar-refractivity contribution is -0.129. The minimum atomic E-state index is -0.386. The molecule has 1 aromatic carbocycles. The number of hydrogen-bond donors (Lipinski definition) is 3. The highest BCUT2D eigenvalue weighted by molar-refractivity contribution is 6.32. The number of allylic oxidation sites excluding steroid dienone is 4. The third-order valence-corrected chi connectivity index (χ3v) is 5.19. The number of rotatable bonds is 13. The molecule has 9 heteroatoms. The molecule has 0 aliphatic carbocycles. The molecular weight excluding hydrogens is 478 g/mol. The van der Waals surface area contributed by atoms with Gasteiger partial charge >= 0.3 is 0 Å². The summed E-state index contributed by atoms with van der Waals surface area (Å²) < 4.78 is 0. The van der Waals surface area contributed by atoms with Gasteiger partial charge in [0, 0.05) is 31.0 Å². The Morgan fingerprint density at radius 2 is 1.72 bits per heavy atom. The molecular formula is C27H36ClN5O3. The van der Waals surface area contributed by atoms with E-state index >= 15 is 0 Å².